The molecular weight excluding hydrogens is 472 g/mol. The Morgan fingerprint density at radius 2 is 1.09 bits per heavy atom. The van der Waals surface area contributed by atoms with Crippen LogP contribution >= 0.6 is 10.3 Å². The molecule has 0 bridgehead atoms. The summed E-state index contributed by atoms with van der Waals surface area (Å²) in [5.41, 5.74) is 2.24. The van der Waals surface area contributed by atoms with Crippen LogP contribution in [0.1, 0.15) is 37.3 Å². The molecule has 0 N–H and O–H groups in total. The molecular formula is C30H32O3S2. The molecule has 0 saturated carbocycles. The van der Waals surface area contributed by atoms with E-state index < -0.39 is 20.4 Å². The molecule has 0 aliphatic carbocycles. The number of hydrogen-bond acceptors (Lipinski definition) is 3. The van der Waals surface area contributed by atoms with Crippen molar-refractivity contribution in [2.45, 2.75) is 59.1 Å². The van der Waals surface area contributed by atoms with Gasteiger partial charge in [-0.05, 0) is 84.2 Å². The van der Waals surface area contributed by atoms with Crippen LogP contribution in [0.25, 0.3) is 0 Å². The number of hydrogen-bond donors (Lipinski definition) is 0. The lowest BCUT2D eigenvalue weighted by Gasteiger charge is -2.39. The SMILES string of the molecule is CCCCCc1ccc(S(OS(=O)(=O)c2ccc(C)cc2)(c2ccccc2)c2ccccc2)cc1. The second-order valence-electron chi connectivity index (χ2n) is 8.62. The number of unbranched alkanes of at least 4 members (excludes halogenated alkanes) is 2. The van der Waals surface area contributed by atoms with Crippen molar-refractivity contribution in [2.75, 3.05) is 0 Å². The van der Waals surface area contributed by atoms with Crippen molar-refractivity contribution < 1.29 is 12.0 Å². The van der Waals surface area contributed by atoms with Gasteiger partial charge in [0, 0.05) is 14.7 Å². The molecule has 4 rings (SSSR count). The first kappa shape index (κ1) is 25.2. The number of rotatable bonds is 10. The molecule has 0 amide bonds. The maximum atomic E-state index is 13.7. The third kappa shape index (κ3) is 5.69. The Balaban J connectivity index is 1.89. The van der Waals surface area contributed by atoms with Gasteiger partial charge in [0.2, 0.25) is 0 Å². The Hall–Kier alpha value is -2.86. The van der Waals surface area contributed by atoms with Crippen LogP contribution in [-0.4, -0.2) is 8.42 Å². The summed E-state index contributed by atoms with van der Waals surface area (Å²) in [4.78, 5) is 2.68. The van der Waals surface area contributed by atoms with Crippen LogP contribution in [0.15, 0.2) is 129 Å². The Bertz CT molecular complexity index is 1280. The number of benzene rings is 4. The summed E-state index contributed by atoms with van der Waals surface area (Å²) in [6.07, 6.45) is 4.53. The highest BCUT2D eigenvalue weighted by molar-refractivity contribution is 8.33. The summed E-state index contributed by atoms with van der Waals surface area (Å²) in [5.74, 6) is 0. The van der Waals surface area contributed by atoms with E-state index in [2.05, 4.69) is 19.1 Å². The van der Waals surface area contributed by atoms with Crippen molar-refractivity contribution in [3.8, 4) is 0 Å². The van der Waals surface area contributed by atoms with Crippen molar-refractivity contribution in [1.29, 1.82) is 0 Å². The zero-order valence-corrected chi connectivity index (χ0v) is 21.9. The quantitative estimate of drug-likeness (QED) is 0.204. The molecule has 0 radical (unpaired) electrons. The predicted molar refractivity (Wildman–Crippen MR) is 144 cm³/mol. The van der Waals surface area contributed by atoms with E-state index in [1.54, 1.807) is 24.3 Å². The molecule has 182 valence electrons. The average Bonchev–Trinajstić information content (AvgIpc) is 2.89. The van der Waals surface area contributed by atoms with E-state index in [0.29, 0.717) is 0 Å². The minimum atomic E-state index is -4.07. The van der Waals surface area contributed by atoms with Crippen LogP contribution in [0.3, 0.4) is 0 Å². The Kier molecular flexibility index (Phi) is 8.11. The normalized spacial score (nSPS) is 12.4. The van der Waals surface area contributed by atoms with Gasteiger partial charge in [-0.15, -0.1) is 0 Å². The molecule has 5 heteroatoms. The molecule has 35 heavy (non-hydrogen) atoms. The molecule has 4 aromatic rings. The van der Waals surface area contributed by atoms with E-state index in [1.165, 1.54) is 18.4 Å². The monoisotopic (exact) mass is 504 g/mol. The molecule has 0 heterocycles. The zero-order chi connectivity index (χ0) is 24.7. The first-order chi connectivity index (χ1) is 17.0. The van der Waals surface area contributed by atoms with E-state index in [-0.39, 0.29) is 4.90 Å². The van der Waals surface area contributed by atoms with Gasteiger partial charge in [-0.1, -0.05) is 86.0 Å². The minimum Gasteiger partial charge on any atom is -0.203 e. The summed E-state index contributed by atoms with van der Waals surface area (Å²) in [7, 11) is -6.65. The van der Waals surface area contributed by atoms with Gasteiger partial charge in [0.1, 0.15) is 0 Å². The van der Waals surface area contributed by atoms with Gasteiger partial charge in [-0.3, -0.25) is 0 Å². The van der Waals surface area contributed by atoms with Gasteiger partial charge in [0.05, 0.1) is 4.90 Å². The maximum Gasteiger partial charge on any atom is 0.307 e. The van der Waals surface area contributed by atoms with Crippen LogP contribution in [0.5, 0.6) is 0 Å². The highest BCUT2D eigenvalue weighted by Gasteiger charge is 2.38. The Morgan fingerprint density at radius 3 is 1.60 bits per heavy atom. The fourth-order valence-electron chi connectivity index (χ4n) is 4.06. The first-order valence-corrected chi connectivity index (χ1v) is 15.0. The minimum absolute atomic E-state index is 0.156. The maximum absolute atomic E-state index is 13.7. The first-order valence-electron chi connectivity index (χ1n) is 12.0. The summed E-state index contributed by atoms with van der Waals surface area (Å²) in [6.45, 7) is 4.13. The van der Waals surface area contributed by atoms with E-state index in [9.17, 15) is 8.42 Å². The number of aryl methyl sites for hydroxylation is 2. The molecule has 0 fully saturated rings. The van der Waals surface area contributed by atoms with Crippen LogP contribution in [-0.2, 0) is 20.2 Å². The molecule has 0 aliphatic heterocycles. The van der Waals surface area contributed by atoms with Crippen molar-refractivity contribution in [1.82, 2.24) is 0 Å². The lowest BCUT2D eigenvalue weighted by Crippen LogP contribution is -2.14. The Morgan fingerprint density at radius 1 is 0.600 bits per heavy atom. The van der Waals surface area contributed by atoms with Gasteiger partial charge in [0.15, 0.2) is 0 Å². The summed E-state index contributed by atoms with van der Waals surface area (Å²) in [5, 5.41) is 0. The predicted octanol–water partition coefficient (Wildman–Crippen LogP) is 8.33. The molecule has 0 saturated heterocycles. The van der Waals surface area contributed by atoms with Gasteiger partial charge >= 0.3 is 10.1 Å². The molecule has 0 unspecified atom stereocenters. The third-order valence-corrected chi connectivity index (χ3v) is 11.2. The smallest absolute Gasteiger partial charge is 0.203 e. The van der Waals surface area contributed by atoms with E-state index in [1.807, 2.05) is 79.7 Å². The molecule has 0 aromatic heterocycles. The lowest BCUT2D eigenvalue weighted by atomic mass is 10.1. The molecule has 0 spiro atoms. The van der Waals surface area contributed by atoms with Gasteiger partial charge in [0.25, 0.3) is 0 Å². The molecule has 0 aliphatic rings. The summed E-state index contributed by atoms with van der Waals surface area (Å²) < 4.78 is 33.8. The largest absolute Gasteiger partial charge is 0.307 e. The van der Waals surface area contributed by atoms with Gasteiger partial charge in [-0.25, -0.2) is 3.63 Å². The second kappa shape index (κ2) is 11.3. The van der Waals surface area contributed by atoms with E-state index >= 15 is 0 Å². The fourth-order valence-corrected chi connectivity index (χ4v) is 9.27. The second-order valence-corrected chi connectivity index (χ2v) is 13.1. The van der Waals surface area contributed by atoms with Crippen LogP contribution in [0.2, 0.25) is 0 Å². The highest BCUT2D eigenvalue weighted by atomic mass is 32.3. The van der Waals surface area contributed by atoms with E-state index in [4.69, 9.17) is 3.63 Å². The lowest BCUT2D eigenvalue weighted by molar-refractivity contribution is 0.508. The topological polar surface area (TPSA) is 43.4 Å². The summed E-state index contributed by atoms with van der Waals surface area (Å²) in [6, 6.07) is 34.6. The van der Waals surface area contributed by atoms with Crippen LogP contribution < -0.4 is 0 Å². The van der Waals surface area contributed by atoms with Crippen molar-refractivity contribution >= 4 is 20.4 Å². The van der Waals surface area contributed by atoms with Crippen molar-refractivity contribution in [3.63, 3.8) is 0 Å². The van der Waals surface area contributed by atoms with Crippen LogP contribution in [0, 0.1) is 6.92 Å². The molecule has 4 aromatic carbocycles. The Labute approximate surface area is 211 Å². The van der Waals surface area contributed by atoms with Crippen LogP contribution in [0.4, 0.5) is 0 Å². The van der Waals surface area contributed by atoms with Gasteiger partial charge < -0.3 is 0 Å². The molecule has 3 nitrogen and oxygen atoms in total. The summed E-state index contributed by atoms with van der Waals surface area (Å²) >= 11 is 0. The zero-order valence-electron chi connectivity index (χ0n) is 20.3. The van der Waals surface area contributed by atoms with Crippen molar-refractivity contribution in [2.24, 2.45) is 0 Å². The van der Waals surface area contributed by atoms with Gasteiger partial charge in [-0.2, -0.15) is 8.42 Å². The highest BCUT2D eigenvalue weighted by Crippen LogP contribution is 2.70. The van der Waals surface area contributed by atoms with E-state index in [0.717, 1.165) is 33.1 Å². The third-order valence-electron chi connectivity index (χ3n) is 5.98. The molecule has 0 atom stereocenters. The average molecular weight is 505 g/mol. The van der Waals surface area contributed by atoms with Crippen molar-refractivity contribution in [3.05, 3.63) is 120 Å². The standard InChI is InChI=1S/C30H32O3S2/c1-3-4-7-12-26-19-23-29(24-20-26)34(27-13-8-5-9-14-27,28-15-10-6-11-16-28)33-35(31,32)30-21-17-25(2)18-22-30/h5-6,8-11,13-24H,3-4,7,12H2,1-2H3. The fraction of sp³-hybridized carbons (Fsp3) is 0.200.